The van der Waals surface area contributed by atoms with Gasteiger partial charge in [0, 0.05) is 24.5 Å². The Morgan fingerprint density at radius 1 is 1.25 bits per heavy atom. The molecule has 0 unspecified atom stereocenters. The molecule has 144 valence electrons. The van der Waals surface area contributed by atoms with Crippen LogP contribution in [-0.2, 0) is 13.0 Å². The van der Waals surface area contributed by atoms with E-state index in [1.807, 2.05) is 32.2 Å². The monoisotopic (exact) mass is 413 g/mol. The van der Waals surface area contributed by atoms with E-state index in [9.17, 15) is 9.59 Å². The fourth-order valence-electron chi connectivity index (χ4n) is 3.22. The first-order valence-electron chi connectivity index (χ1n) is 8.87. The highest BCUT2D eigenvalue weighted by molar-refractivity contribution is 7.20. The van der Waals surface area contributed by atoms with Gasteiger partial charge in [-0.15, -0.1) is 22.7 Å². The average molecular weight is 414 g/mol. The molecule has 0 bridgehead atoms. The Balaban J connectivity index is 1.67. The van der Waals surface area contributed by atoms with Crippen molar-refractivity contribution in [2.24, 2.45) is 0 Å². The van der Waals surface area contributed by atoms with Crippen LogP contribution in [0.4, 0.5) is 0 Å². The summed E-state index contributed by atoms with van der Waals surface area (Å²) in [5.41, 5.74) is 2.27. The maximum atomic E-state index is 13.1. The van der Waals surface area contributed by atoms with Gasteiger partial charge in [-0.2, -0.15) is 0 Å². The van der Waals surface area contributed by atoms with Crippen LogP contribution >= 0.6 is 22.7 Å². The molecule has 1 N–H and O–H groups in total. The third-order valence-corrected chi connectivity index (χ3v) is 6.70. The van der Waals surface area contributed by atoms with E-state index in [0.717, 1.165) is 33.7 Å². The number of thiophene rings is 2. The number of carbonyl (C=O) groups is 1. The molecule has 0 atom stereocenters. The van der Waals surface area contributed by atoms with Gasteiger partial charge in [0.25, 0.3) is 11.5 Å². The van der Waals surface area contributed by atoms with Crippen molar-refractivity contribution in [1.29, 1.82) is 0 Å². The van der Waals surface area contributed by atoms with Gasteiger partial charge >= 0.3 is 0 Å². The van der Waals surface area contributed by atoms with Crippen LogP contribution in [0.1, 0.15) is 39.5 Å². The van der Waals surface area contributed by atoms with Gasteiger partial charge in [0.1, 0.15) is 21.2 Å². The summed E-state index contributed by atoms with van der Waals surface area (Å²) in [7, 11) is 1.71. The van der Waals surface area contributed by atoms with Crippen molar-refractivity contribution in [2.75, 3.05) is 7.05 Å². The molecular weight excluding hydrogens is 394 g/mol. The van der Waals surface area contributed by atoms with Gasteiger partial charge in [-0.1, -0.05) is 6.92 Å². The van der Waals surface area contributed by atoms with Gasteiger partial charge in [-0.25, -0.2) is 15.0 Å². The van der Waals surface area contributed by atoms with Crippen molar-refractivity contribution in [2.45, 2.75) is 33.7 Å². The van der Waals surface area contributed by atoms with Crippen LogP contribution in [0.15, 0.2) is 16.2 Å². The number of rotatable bonds is 4. The van der Waals surface area contributed by atoms with Crippen molar-refractivity contribution < 1.29 is 4.79 Å². The molecule has 0 radical (unpaired) electrons. The lowest BCUT2D eigenvalue weighted by atomic mass is 10.1. The van der Waals surface area contributed by atoms with Gasteiger partial charge in [-0.3, -0.25) is 9.59 Å². The van der Waals surface area contributed by atoms with E-state index in [4.69, 9.17) is 0 Å². The Hall–Kier alpha value is -2.65. The summed E-state index contributed by atoms with van der Waals surface area (Å²) >= 11 is 2.74. The van der Waals surface area contributed by atoms with Crippen LogP contribution in [0.2, 0.25) is 0 Å². The summed E-state index contributed by atoms with van der Waals surface area (Å²) in [6.07, 6.45) is 0.751. The zero-order chi connectivity index (χ0) is 20.0. The standard InChI is InChI=1S/C19H19N5O2S2/c1-5-12-20-10(3)14-9(2)15(28-18(14)23-12)19(26)24(4)8-13-21-11-6-7-27-16(11)17(25)22-13/h6-7H,5,8H2,1-4H3,(H,21,22,25). The first-order valence-corrected chi connectivity index (χ1v) is 10.6. The van der Waals surface area contributed by atoms with Crippen LogP contribution in [-0.4, -0.2) is 37.8 Å². The highest BCUT2D eigenvalue weighted by atomic mass is 32.1. The smallest absolute Gasteiger partial charge is 0.268 e. The predicted molar refractivity (Wildman–Crippen MR) is 112 cm³/mol. The van der Waals surface area contributed by atoms with Crippen LogP contribution in [0.25, 0.3) is 20.4 Å². The molecule has 9 heteroatoms. The van der Waals surface area contributed by atoms with E-state index in [1.54, 1.807) is 11.9 Å². The molecule has 4 aromatic heterocycles. The third kappa shape index (κ3) is 3.10. The zero-order valence-electron chi connectivity index (χ0n) is 16.0. The molecule has 1 amide bonds. The maximum absolute atomic E-state index is 13.1. The number of fused-ring (bicyclic) bond motifs is 2. The van der Waals surface area contributed by atoms with E-state index in [1.165, 1.54) is 22.7 Å². The summed E-state index contributed by atoms with van der Waals surface area (Å²) in [6, 6.07) is 1.81. The molecule has 4 heterocycles. The number of aromatic nitrogens is 4. The van der Waals surface area contributed by atoms with Crippen molar-refractivity contribution in [3.63, 3.8) is 0 Å². The number of nitrogens with zero attached hydrogens (tertiary/aromatic N) is 4. The molecule has 0 aliphatic rings. The highest BCUT2D eigenvalue weighted by Gasteiger charge is 2.22. The number of hydrogen-bond donors (Lipinski definition) is 1. The zero-order valence-corrected chi connectivity index (χ0v) is 17.6. The fourth-order valence-corrected chi connectivity index (χ4v) is 5.19. The van der Waals surface area contributed by atoms with Crippen molar-refractivity contribution in [3.05, 3.63) is 49.6 Å². The fraction of sp³-hybridized carbons (Fsp3) is 0.316. The number of H-pyrrole nitrogens is 1. The van der Waals surface area contributed by atoms with E-state index in [-0.39, 0.29) is 18.0 Å². The Bertz CT molecular complexity index is 1270. The lowest BCUT2D eigenvalue weighted by molar-refractivity contribution is 0.0786. The number of carbonyl (C=O) groups excluding carboxylic acids is 1. The molecule has 4 rings (SSSR count). The van der Waals surface area contributed by atoms with Crippen molar-refractivity contribution in [3.8, 4) is 0 Å². The topological polar surface area (TPSA) is 91.8 Å². The number of aryl methyl sites for hydroxylation is 3. The minimum atomic E-state index is -0.174. The second-order valence-corrected chi connectivity index (χ2v) is 8.54. The van der Waals surface area contributed by atoms with Gasteiger partial charge in [0.2, 0.25) is 0 Å². The molecule has 0 aromatic carbocycles. The minimum Gasteiger partial charge on any atom is -0.334 e. The summed E-state index contributed by atoms with van der Waals surface area (Å²) in [6.45, 7) is 6.11. The summed E-state index contributed by atoms with van der Waals surface area (Å²) in [5, 5.41) is 2.78. The third-order valence-electron chi connectivity index (χ3n) is 4.63. The maximum Gasteiger partial charge on any atom is 0.268 e. The van der Waals surface area contributed by atoms with Crippen LogP contribution < -0.4 is 5.56 Å². The largest absolute Gasteiger partial charge is 0.334 e. The Morgan fingerprint density at radius 3 is 2.79 bits per heavy atom. The number of nitrogens with one attached hydrogen (secondary N) is 1. The lowest BCUT2D eigenvalue weighted by Crippen LogP contribution is -2.28. The number of aromatic amines is 1. The molecule has 0 spiro atoms. The van der Waals surface area contributed by atoms with E-state index >= 15 is 0 Å². The number of amides is 1. The number of hydrogen-bond acceptors (Lipinski definition) is 7. The lowest BCUT2D eigenvalue weighted by Gasteiger charge is -2.16. The summed E-state index contributed by atoms with van der Waals surface area (Å²) in [5.74, 6) is 1.13. The molecule has 0 saturated heterocycles. The van der Waals surface area contributed by atoms with Crippen LogP contribution in [0, 0.1) is 13.8 Å². The van der Waals surface area contributed by atoms with Gasteiger partial charge in [0.15, 0.2) is 0 Å². The quantitative estimate of drug-likeness (QED) is 0.553. The minimum absolute atomic E-state index is 0.119. The molecule has 0 aliphatic carbocycles. The summed E-state index contributed by atoms with van der Waals surface area (Å²) < 4.78 is 0.596. The van der Waals surface area contributed by atoms with E-state index in [0.29, 0.717) is 20.9 Å². The van der Waals surface area contributed by atoms with Crippen molar-refractivity contribution in [1.82, 2.24) is 24.8 Å². The first kappa shape index (κ1) is 18.7. The van der Waals surface area contributed by atoms with Crippen LogP contribution in [0.5, 0.6) is 0 Å². The molecule has 4 aromatic rings. The molecular formula is C19H19N5O2S2. The molecule has 28 heavy (non-hydrogen) atoms. The summed E-state index contributed by atoms with van der Waals surface area (Å²) in [4.78, 5) is 44.6. The van der Waals surface area contributed by atoms with E-state index in [2.05, 4.69) is 19.9 Å². The second-order valence-electron chi connectivity index (χ2n) is 6.62. The van der Waals surface area contributed by atoms with E-state index < -0.39 is 0 Å². The van der Waals surface area contributed by atoms with Crippen molar-refractivity contribution >= 4 is 49.0 Å². The molecule has 0 aliphatic heterocycles. The second kappa shape index (κ2) is 7.06. The Kier molecular flexibility index (Phi) is 4.72. The SMILES string of the molecule is CCc1nc(C)c2c(C)c(C(=O)N(C)Cc3nc4ccsc4c(=O)[nH]3)sc2n1. The predicted octanol–water partition coefficient (Wildman–Crippen LogP) is 3.44. The molecule has 7 nitrogen and oxygen atoms in total. The van der Waals surface area contributed by atoms with Crippen LogP contribution in [0.3, 0.4) is 0 Å². The Labute approximate surface area is 169 Å². The highest BCUT2D eigenvalue weighted by Crippen LogP contribution is 2.32. The average Bonchev–Trinajstić information content (AvgIpc) is 3.26. The normalized spacial score (nSPS) is 11.4. The van der Waals surface area contributed by atoms with Gasteiger partial charge in [0.05, 0.1) is 16.9 Å². The first-order chi connectivity index (χ1) is 13.4. The molecule has 0 fully saturated rings. The molecule has 0 saturated carbocycles. The Morgan fingerprint density at radius 2 is 2.04 bits per heavy atom. The van der Waals surface area contributed by atoms with Gasteiger partial charge < -0.3 is 9.88 Å². The van der Waals surface area contributed by atoms with Gasteiger partial charge in [-0.05, 0) is 30.9 Å².